The summed E-state index contributed by atoms with van der Waals surface area (Å²) >= 11 is 0. The Bertz CT molecular complexity index is 1070. The maximum absolute atomic E-state index is 14.8. The van der Waals surface area contributed by atoms with E-state index >= 15 is 0 Å². The van der Waals surface area contributed by atoms with E-state index in [1.165, 1.54) is 18.2 Å². The molecule has 1 amide bonds. The molecule has 0 aliphatic carbocycles. The normalized spacial score (nSPS) is 23.3. The van der Waals surface area contributed by atoms with Crippen molar-refractivity contribution in [1.29, 1.82) is 0 Å². The molecule has 6 nitrogen and oxygen atoms in total. The van der Waals surface area contributed by atoms with E-state index < -0.39 is 17.8 Å². The van der Waals surface area contributed by atoms with Crippen LogP contribution in [0.5, 0.6) is 5.75 Å². The third-order valence-corrected chi connectivity index (χ3v) is 7.76. The van der Waals surface area contributed by atoms with E-state index in [2.05, 4.69) is 4.90 Å². The van der Waals surface area contributed by atoms with Gasteiger partial charge in [-0.2, -0.15) is 0 Å². The summed E-state index contributed by atoms with van der Waals surface area (Å²) in [5.74, 6) is -1.94. The van der Waals surface area contributed by atoms with Gasteiger partial charge in [-0.05, 0) is 49.1 Å². The molecule has 0 spiro atoms. The molecule has 0 radical (unpaired) electrons. The number of phenols is 1. The minimum Gasteiger partial charge on any atom is -0.508 e. The number of hydrogen-bond donors (Lipinski definition) is 1. The van der Waals surface area contributed by atoms with Crippen molar-refractivity contribution in [2.75, 3.05) is 46.4 Å². The molecule has 36 heavy (non-hydrogen) atoms. The Kier molecular flexibility index (Phi) is 8.75. The minimum absolute atomic E-state index is 0.0172. The number of rotatable bonds is 7. The van der Waals surface area contributed by atoms with Gasteiger partial charge in [0.25, 0.3) is 0 Å². The van der Waals surface area contributed by atoms with Crippen LogP contribution in [0.3, 0.4) is 0 Å². The number of aromatic hydroxyl groups is 1. The van der Waals surface area contributed by atoms with Gasteiger partial charge < -0.3 is 14.7 Å². The van der Waals surface area contributed by atoms with Gasteiger partial charge in [-0.15, -0.1) is 0 Å². The quantitative estimate of drug-likeness (QED) is 0.576. The summed E-state index contributed by atoms with van der Waals surface area (Å²) in [4.78, 5) is 32.1. The van der Waals surface area contributed by atoms with E-state index in [0.29, 0.717) is 56.0 Å². The Hall–Kier alpha value is -2.77. The van der Waals surface area contributed by atoms with Crippen LogP contribution in [0.2, 0.25) is 0 Å². The molecule has 194 valence electrons. The number of halogens is 1. The molecule has 3 unspecified atom stereocenters. The van der Waals surface area contributed by atoms with Crippen LogP contribution in [0.25, 0.3) is 0 Å². The lowest BCUT2D eigenvalue weighted by Crippen LogP contribution is -2.54. The molecule has 2 heterocycles. The first-order valence-electron chi connectivity index (χ1n) is 13.0. The van der Waals surface area contributed by atoms with E-state index in [1.807, 2.05) is 11.0 Å². The zero-order chi connectivity index (χ0) is 25.7. The lowest BCUT2D eigenvalue weighted by Gasteiger charge is -2.44. The number of phenolic OH excluding ortho intramolecular Hbond substituents is 1. The number of nitrogens with zero attached hydrogens (tertiary/aromatic N) is 2. The third kappa shape index (κ3) is 5.79. The topological polar surface area (TPSA) is 70.1 Å². The average molecular weight is 497 g/mol. The third-order valence-electron chi connectivity index (χ3n) is 7.76. The number of piperidine rings is 1. The van der Waals surface area contributed by atoms with Crippen LogP contribution in [0.4, 0.5) is 4.39 Å². The van der Waals surface area contributed by atoms with Gasteiger partial charge in [-0.25, -0.2) is 4.39 Å². The first kappa shape index (κ1) is 26.3. The molecule has 2 aromatic carbocycles. The molecular weight excluding hydrogens is 459 g/mol. The summed E-state index contributed by atoms with van der Waals surface area (Å²) in [5, 5.41) is 10.0. The Morgan fingerprint density at radius 3 is 2.42 bits per heavy atom. The highest BCUT2D eigenvalue weighted by atomic mass is 19.1. The van der Waals surface area contributed by atoms with E-state index in [9.17, 15) is 19.1 Å². The average Bonchev–Trinajstić information content (AvgIpc) is 3.17. The summed E-state index contributed by atoms with van der Waals surface area (Å²) in [6.45, 7) is 5.16. The van der Waals surface area contributed by atoms with Gasteiger partial charge in [0, 0.05) is 57.2 Å². The predicted octanol–water partition coefficient (Wildman–Crippen LogP) is 4.40. The zero-order valence-corrected chi connectivity index (χ0v) is 21.3. The smallest absolute Gasteiger partial charge is 0.227 e. The van der Waals surface area contributed by atoms with Crippen LogP contribution in [-0.4, -0.2) is 73.0 Å². The van der Waals surface area contributed by atoms with E-state index in [0.717, 1.165) is 25.7 Å². The SMILES string of the molecule is COCCN1CC(C(=O)c2cccc(O)c2)C(c2cccc(F)c2C)C(C(=O)N2CCCCCC2)C1. The molecule has 2 aliphatic rings. The van der Waals surface area contributed by atoms with Gasteiger partial charge in [0.05, 0.1) is 12.5 Å². The molecule has 2 aliphatic heterocycles. The van der Waals surface area contributed by atoms with Crippen molar-refractivity contribution in [3.63, 3.8) is 0 Å². The highest BCUT2D eigenvalue weighted by molar-refractivity contribution is 5.99. The predicted molar refractivity (Wildman–Crippen MR) is 137 cm³/mol. The van der Waals surface area contributed by atoms with E-state index in [1.54, 1.807) is 32.2 Å². The fraction of sp³-hybridized carbons (Fsp3) is 0.517. The number of benzene rings is 2. The largest absolute Gasteiger partial charge is 0.508 e. The van der Waals surface area contributed by atoms with Crippen molar-refractivity contribution in [2.24, 2.45) is 11.8 Å². The molecular formula is C29H37FN2O4. The van der Waals surface area contributed by atoms with Gasteiger partial charge in [-0.3, -0.25) is 14.5 Å². The van der Waals surface area contributed by atoms with Crippen LogP contribution in [0, 0.1) is 24.6 Å². The standard InChI is InChI=1S/C29H37FN2O4/c1-20-23(11-8-12-26(20)30)27-24(28(34)21-9-7-10-22(33)17-21)18-31(15-16-36-2)19-25(27)29(35)32-13-5-3-4-6-14-32/h7-12,17,24-25,27,33H,3-6,13-16,18-19H2,1-2H3. The molecule has 1 N–H and O–H groups in total. The highest BCUT2D eigenvalue weighted by Gasteiger charge is 2.46. The fourth-order valence-electron chi connectivity index (χ4n) is 5.84. The van der Waals surface area contributed by atoms with Crippen molar-refractivity contribution in [1.82, 2.24) is 9.80 Å². The number of carbonyl (C=O) groups is 2. The molecule has 2 aromatic rings. The number of ketones is 1. The Morgan fingerprint density at radius 2 is 1.72 bits per heavy atom. The highest BCUT2D eigenvalue weighted by Crippen LogP contribution is 2.42. The number of methoxy groups -OCH3 is 1. The molecule has 2 fully saturated rings. The first-order chi connectivity index (χ1) is 17.4. The number of likely N-dealkylation sites (tertiary alicyclic amines) is 2. The summed E-state index contributed by atoms with van der Waals surface area (Å²) in [7, 11) is 1.64. The molecule has 7 heteroatoms. The van der Waals surface area contributed by atoms with Crippen LogP contribution >= 0.6 is 0 Å². The van der Waals surface area contributed by atoms with Gasteiger partial charge in [0.1, 0.15) is 11.6 Å². The molecule has 3 atom stereocenters. The monoisotopic (exact) mass is 496 g/mol. The number of Topliss-reactive ketones (excluding diaryl/α,β-unsaturated/α-hetero) is 1. The fourth-order valence-corrected chi connectivity index (χ4v) is 5.84. The summed E-state index contributed by atoms with van der Waals surface area (Å²) in [6.07, 6.45) is 4.17. The summed E-state index contributed by atoms with van der Waals surface area (Å²) in [6, 6.07) is 11.3. The van der Waals surface area contributed by atoms with Crippen LogP contribution in [-0.2, 0) is 9.53 Å². The maximum atomic E-state index is 14.8. The molecule has 4 rings (SSSR count). The summed E-state index contributed by atoms with van der Waals surface area (Å²) < 4.78 is 20.1. The number of carbonyl (C=O) groups excluding carboxylic acids is 2. The lowest BCUT2D eigenvalue weighted by molar-refractivity contribution is -0.139. The van der Waals surface area contributed by atoms with Crippen LogP contribution in [0.1, 0.15) is 53.1 Å². The number of ether oxygens (including phenoxy) is 1. The van der Waals surface area contributed by atoms with Crippen molar-refractivity contribution in [3.05, 3.63) is 65.0 Å². The van der Waals surface area contributed by atoms with Gasteiger partial charge in [0.15, 0.2) is 5.78 Å². The van der Waals surface area contributed by atoms with Gasteiger partial charge >= 0.3 is 0 Å². The van der Waals surface area contributed by atoms with E-state index in [4.69, 9.17) is 4.74 Å². The lowest BCUT2D eigenvalue weighted by atomic mass is 9.69. The molecule has 0 bridgehead atoms. The van der Waals surface area contributed by atoms with E-state index in [-0.39, 0.29) is 23.3 Å². The van der Waals surface area contributed by atoms with Crippen molar-refractivity contribution >= 4 is 11.7 Å². The second-order valence-corrected chi connectivity index (χ2v) is 10.1. The maximum Gasteiger partial charge on any atom is 0.227 e. The number of hydrogen-bond acceptors (Lipinski definition) is 5. The van der Waals surface area contributed by atoms with Crippen LogP contribution < -0.4 is 0 Å². The second-order valence-electron chi connectivity index (χ2n) is 10.1. The second kappa shape index (κ2) is 12.0. The Balaban J connectivity index is 1.79. The minimum atomic E-state index is -0.571. The summed E-state index contributed by atoms with van der Waals surface area (Å²) in [5.41, 5.74) is 1.59. The van der Waals surface area contributed by atoms with Crippen molar-refractivity contribution in [3.8, 4) is 5.75 Å². The molecule has 2 saturated heterocycles. The van der Waals surface area contributed by atoms with Crippen molar-refractivity contribution in [2.45, 2.75) is 38.5 Å². The van der Waals surface area contributed by atoms with Crippen molar-refractivity contribution < 1.29 is 23.8 Å². The van der Waals surface area contributed by atoms with Crippen LogP contribution in [0.15, 0.2) is 42.5 Å². The zero-order valence-electron chi connectivity index (χ0n) is 21.3. The number of amides is 1. The molecule has 0 aromatic heterocycles. The Labute approximate surface area is 213 Å². The van der Waals surface area contributed by atoms with Gasteiger partial charge in [-0.1, -0.05) is 37.1 Å². The molecule has 0 saturated carbocycles. The Morgan fingerprint density at radius 1 is 1.03 bits per heavy atom. The first-order valence-corrected chi connectivity index (χ1v) is 13.0. The van der Waals surface area contributed by atoms with Gasteiger partial charge in [0.2, 0.25) is 5.91 Å².